The quantitative estimate of drug-likeness (QED) is 0.888. The lowest BCUT2D eigenvalue weighted by molar-refractivity contribution is -0.121. The van der Waals surface area contributed by atoms with Crippen LogP contribution >= 0.6 is 11.6 Å². The van der Waals surface area contributed by atoms with Crippen LogP contribution < -0.4 is 20.1 Å². The highest BCUT2D eigenvalue weighted by Crippen LogP contribution is 2.39. The first-order valence-corrected chi connectivity index (χ1v) is 6.63. The van der Waals surface area contributed by atoms with Gasteiger partial charge in [-0.3, -0.25) is 4.79 Å². The highest BCUT2D eigenvalue weighted by Gasteiger charge is 2.29. The number of nitrogens with one attached hydrogen (secondary N) is 2. The number of halogens is 1. The lowest BCUT2D eigenvalue weighted by Crippen LogP contribution is -2.48. The second kappa shape index (κ2) is 4.90. The number of fused-ring (bicyclic) bond motifs is 1. The minimum absolute atomic E-state index is 0.0211. The summed E-state index contributed by atoms with van der Waals surface area (Å²) in [5, 5.41) is 6.47. The first-order chi connectivity index (χ1) is 9.15. The van der Waals surface area contributed by atoms with Gasteiger partial charge >= 0.3 is 0 Å². The fourth-order valence-corrected chi connectivity index (χ4v) is 2.34. The normalized spacial score (nSPS) is 18.8. The molecule has 1 aromatic carbocycles. The lowest BCUT2D eigenvalue weighted by Gasteiger charge is -2.31. The van der Waals surface area contributed by atoms with Gasteiger partial charge in [0.2, 0.25) is 12.7 Å². The van der Waals surface area contributed by atoms with Gasteiger partial charge in [-0.1, -0.05) is 18.5 Å². The molecule has 1 aromatic rings. The summed E-state index contributed by atoms with van der Waals surface area (Å²) < 4.78 is 10.5. The molecular formula is C13H15ClN2O3. The second-order valence-corrected chi connectivity index (χ2v) is 5.29. The zero-order chi connectivity index (χ0) is 13.4. The van der Waals surface area contributed by atoms with E-state index in [2.05, 4.69) is 10.6 Å². The van der Waals surface area contributed by atoms with Crippen molar-refractivity contribution in [3.05, 3.63) is 17.2 Å². The first kappa shape index (κ1) is 12.6. The molecule has 6 heteroatoms. The number of ether oxygens (including phenoxy) is 2. The molecule has 1 saturated heterocycles. The number of rotatable bonds is 3. The minimum atomic E-state index is -0.0391. The van der Waals surface area contributed by atoms with Crippen molar-refractivity contribution >= 4 is 23.2 Å². The van der Waals surface area contributed by atoms with Crippen molar-refractivity contribution in [1.29, 1.82) is 0 Å². The highest BCUT2D eigenvalue weighted by molar-refractivity contribution is 6.34. The standard InChI is InChI=1S/C13H15ClN2O3/c1-7(8-4-15-5-8)13(17)16-10-3-12-11(2-9(10)14)18-6-19-12/h2-3,7-8,15H,4-6H2,1H3,(H,16,17). The summed E-state index contributed by atoms with van der Waals surface area (Å²) in [7, 11) is 0. The van der Waals surface area contributed by atoms with E-state index < -0.39 is 0 Å². The van der Waals surface area contributed by atoms with Crippen molar-refractivity contribution in [2.24, 2.45) is 11.8 Å². The molecule has 0 bridgehead atoms. The van der Waals surface area contributed by atoms with Crippen molar-refractivity contribution in [3.8, 4) is 11.5 Å². The van der Waals surface area contributed by atoms with Gasteiger partial charge in [-0.25, -0.2) is 0 Å². The van der Waals surface area contributed by atoms with Crippen LogP contribution in [0, 0.1) is 11.8 Å². The van der Waals surface area contributed by atoms with Gasteiger partial charge in [0.15, 0.2) is 11.5 Å². The summed E-state index contributed by atoms with van der Waals surface area (Å²) in [6.45, 7) is 3.90. The van der Waals surface area contributed by atoms with E-state index in [4.69, 9.17) is 21.1 Å². The number of benzene rings is 1. The lowest BCUT2D eigenvalue weighted by atomic mass is 9.88. The smallest absolute Gasteiger partial charge is 0.231 e. The molecule has 2 heterocycles. The number of hydrogen-bond donors (Lipinski definition) is 2. The fraction of sp³-hybridized carbons (Fsp3) is 0.462. The van der Waals surface area contributed by atoms with Crippen molar-refractivity contribution in [2.75, 3.05) is 25.2 Å². The SMILES string of the molecule is CC(C(=O)Nc1cc2c(cc1Cl)OCO2)C1CNC1. The van der Waals surface area contributed by atoms with Crippen LogP contribution in [0.2, 0.25) is 5.02 Å². The van der Waals surface area contributed by atoms with E-state index in [1.165, 1.54) is 0 Å². The van der Waals surface area contributed by atoms with Crippen molar-refractivity contribution in [1.82, 2.24) is 5.32 Å². The Bertz CT molecular complexity index is 517. The minimum Gasteiger partial charge on any atom is -0.454 e. The summed E-state index contributed by atoms with van der Waals surface area (Å²) in [6.07, 6.45) is 0. The molecule has 102 valence electrons. The molecule has 0 aliphatic carbocycles. The number of hydrogen-bond acceptors (Lipinski definition) is 4. The number of anilines is 1. The van der Waals surface area contributed by atoms with Crippen molar-refractivity contribution < 1.29 is 14.3 Å². The van der Waals surface area contributed by atoms with E-state index in [1.807, 2.05) is 6.92 Å². The third-order valence-corrected chi connectivity index (χ3v) is 3.97. The third-order valence-electron chi connectivity index (χ3n) is 3.65. The summed E-state index contributed by atoms with van der Waals surface area (Å²) in [5.74, 6) is 1.56. The van der Waals surface area contributed by atoms with Gasteiger partial charge in [0.05, 0.1) is 10.7 Å². The second-order valence-electron chi connectivity index (χ2n) is 4.88. The van der Waals surface area contributed by atoms with Crippen molar-refractivity contribution in [2.45, 2.75) is 6.92 Å². The Hall–Kier alpha value is -1.46. The largest absolute Gasteiger partial charge is 0.454 e. The Balaban J connectivity index is 1.74. The molecule has 1 atom stereocenters. The Morgan fingerprint density at radius 2 is 2.11 bits per heavy atom. The fourth-order valence-electron chi connectivity index (χ4n) is 2.14. The van der Waals surface area contributed by atoms with Gasteiger partial charge in [0.1, 0.15) is 0 Å². The Labute approximate surface area is 116 Å². The molecule has 5 nitrogen and oxygen atoms in total. The predicted octanol–water partition coefficient (Wildman–Crippen LogP) is 1.86. The molecule has 2 N–H and O–H groups in total. The van der Waals surface area contributed by atoms with E-state index in [0.29, 0.717) is 28.1 Å². The zero-order valence-electron chi connectivity index (χ0n) is 10.5. The summed E-state index contributed by atoms with van der Waals surface area (Å²) in [4.78, 5) is 12.1. The molecule has 2 aliphatic heterocycles. The molecule has 0 radical (unpaired) electrons. The van der Waals surface area contributed by atoms with Crippen molar-refractivity contribution in [3.63, 3.8) is 0 Å². The Morgan fingerprint density at radius 1 is 1.42 bits per heavy atom. The highest BCUT2D eigenvalue weighted by atomic mass is 35.5. The predicted molar refractivity (Wildman–Crippen MR) is 71.7 cm³/mol. The monoisotopic (exact) mass is 282 g/mol. The first-order valence-electron chi connectivity index (χ1n) is 6.26. The molecule has 3 rings (SSSR count). The molecule has 2 aliphatic rings. The molecule has 0 aromatic heterocycles. The molecule has 19 heavy (non-hydrogen) atoms. The summed E-state index contributed by atoms with van der Waals surface area (Å²) >= 11 is 6.12. The number of amides is 1. The van der Waals surface area contributed by atoms with Gasteiger partial charge in [-0.2, -0.15) is 0 Å². The van der Waals surface area contributed by atoms with E-state index in [-0.39, 0.29) is 18.6 Å². The van der Waals surface area contributed by atoms with Crippen LogP contribution in [0.1, 0.15) is 6.92 Å². The van der Waals surface area contributed by atoms with Crippen LogP contribution in [-0.4, -0.2) is 25.8 Å². The van der Waals surface area contributed by atoms with E-state index in [1.54, 1.807) is 12.1 Å². The summed E-state index contributed by atoms with van der Waals surface area (Å²) in [6, 6.07) is 3.36. The van der Waals surface area contributed by atoms with E-state index >= 15 is 0 Å². The molecule has 1 fully saturated rings. The van der Waals surface area contributed by atoms with Crippen LogP contribution in [0.25, 0.3) is 0 Å². The zero-order valence-corrected chi connectivity index (χ0v) is 11.3. The molecule has 1 amide bonds. The molecule has 1 unspecified atom stereocenters. The third kappa shape index (κ3) is 2.35. The molecule has 0 spiro atoms. The van der Waals surface area contributed by atoms with Gasteiger partial charge in [0.25, 0.3) is 0 Å². The molecular weight excluding hydrogens is 268 g/mol. The maximum Gasteiger partial charge on any atom is 0.231 e. The van der Waals surface area contributed by atoms with Gasteiger partial charge in [-0.05, 0) is 19.0 Å². The van der Waals surface area contributed by atoms with Gasteiger partial charge in [0, 0.05) is 18.1 Å². The average molecular weight is 283 g/mol. The topological polar surface area (TPSA) is 59.6 Å². The maximum atomic E-state index is 12.1. The van der Waals surface area contributed by atoms with Gasteiger partial charge < -0.3 is 20.1 Å². The maximum absolute atomic E-state index is 12.1. The van der Waals surface area contributed by atoms with Crippen LogP contribution in [0.3, 0.4) is 0 Å². The van der Waals surface area contributed by atoms with Gasteiger partial charge in [-0.15, -0.1) is 0 Å². The average Bonchev–Trinajstić information content (AvgIpc) is 2.74. The van der Waals surface area contributed by atoms with Crippen LogP contribution in [0.4, 0.5) is 5.69 Å². The van der Waals surface area contributed by atoms with E-state index in [9.17, 15) is 4.79 Å². The number of carbonyl (C=O) groups excluding carboxylic acids is 1. The van der Waals surface area contributed by atoms with E-state index in [0.717, 1.165) is 13.1 Å². The van der Waals surface area contributed by atoms with Crippen LogP contribution in [0.15, 0.2) is 12.1 Å². The molecule has 0 saturated carbocycles. The Morgan fingerprint density at radius 3 is 2.74 bits per heavy atom. The van der Waals surface area contributed by atoms with Crippen LogP contribution in [0.5, 0.6) is 11.5 Å². The number of carbonyl (C=O) groups is 1. The Kier molecular flexibility index (Phi) is 3.24. The van der Waals surface area contributed by atoms with Crippen LogP contribution in [-0.2, 0) is 4.79 Å². The summed E-state index contributed by atoms with van der Waals surface area (Å²) in [5.41, 5.74) is 0.565.